The molecule has 0 spiro atoms. The lowest BCUT2D eigenvalue weighted by atomic mass is 9.92. The molecule has 132 heavy (non-hydrogen) atoms. The third-order valence-corrected chi connectivity index (χ3v) is 21.6. The number of rotatable bonds is 39. The maximum atomic E-state index is 12.6. The van der Waals surface area contributed by atoms with E-state index < -0.39 is 29.8 Å². The van der Waals surface area contributed by atoms with Gasteiger partial charge >= 0.3 is 29.8 Å². The van der Waals surface area contributed by atoms with Crippen molar-refractivity contribution in [3.8, 4) is 126 Å². The highest BCUT2D eigenvalue weighted by Gasteiger charge is 2.29. The first-order valence-electron chi connectivity index (χ1n) is 42.1. The number of methoxy groups -OCH3 is 6. The van der Waals surface area contributed by atoms with Crippen LogP contribution in [0.5, 0.6) is 92.0 Å². The van der Waals surface area contributed by atoms with E-state index in [1.807, 2.05) is 54.9 Å². The molecule has 0 amide bonds. The standard InChI is InChI=1S/C35H35NO9.C34H34N2O9.C32H29NO9/c1-4-11-42-33-18-36-17-26(13-25(35(38)39)12-24-14-31-32(45-21-44-31)16-29(24)41-3)34(33)28-10-9-27(40-2)15-30(28)43-20-23-8-6-5-7-22(23)19-37;1-4-5-12-36-32(27-11-10-25(41-2)16-29(27)43-19-21-8-6-7-9-26(21)34(39)40)24(18-35-36)14-23(33(37)38)13-22-15-30-31(45-20-44-30)17-28(22)42-3;1-4-9-40-29-16-33-15-21(11-20(32(36)37)10-19-13-27-28(42-17-41-27)14-26(19)39-3)30(29)23-7-8-25(38-2)22-6-5-18(31(34)35)12-24(22)23/h5-10,13-18,37H,4,11-12,19-21H2,1-3H3,(H,38,39);6-11,14-18H,4-5,12-13,19-20H2,1-3H3,(H,37,38)(H,39,40);5-8,11-16H,4,9-10,17H2,1-3H3,(H,34,35)(H,36,37)/b25-13+;23-14+;20-11+. The molecule has 0 fully saturated rings. The van der Waals surface area contributed by atoms with Crippen molar-refractivity contribution in [3.63, 3.8) is 0 Å². The number of aliphatic hydroxyl groups is 1. The molecule has 0 radical (unpaired) electrons. The van der Waals surface area contributed by atoms with E-state index in [0.29, 0.717) is 195 Å². The molecule has 684 valence electrons. The lowest BCUT2D eigenvalue weighted by Gasteiger charge is -2.19. The normalized spacial score (nSPS) is 12.2. The zero-order valence-electron chi connectivity index (χ0n) is 73.9. The molecule has 3 aromatic heterocycles. The number of pyridine rings is 2. The summed E-state index contributed by atoms with van der Waals surface area (Å²) in [6, 6.07) is 43.5. The molecule has 12 aromatic rings. The van der Waals surface area contributed by atoms with Gasteiger partial charge in [0, 0.05) is 152 Å². The summed E-state index contributed by atoms with van der Waals surface area (Å²) in [7, 11) is 9.19. The van der Waals surface area contributed by atoms with E-state index in [4.69, 9.17) is 75.8 Å². The summed E-state index contributed by atoms with van der Waals surface area (Å²) in [5.74, 6) is 2.62. The molecule has 31 nitrogen and oxygen atoms in total. The summed E-state index contributed by atoms with van der Waals surface area (Å²) in [4.78, 5) is 70.2. The van der Waals surface area contributed by atoms with Crippen molar-refractivity contribution < 1.29 is 130 Å². The largest absolute Gasteiger partial charge is 0.497 e. The van der Waals surface area contributed by atoms with Crippen LogP contribution in [0.25, 0.3) is 62.5 Å². The Labute approximate surface area is 759 Å². The minimum Gasteiger partial charge on any atom is -0.497 e. The van der Waals surface area contributed by atoms with Crippen molar-refractivity contribution in [3.05, 3.63) is 261 Å². The number of carbonyl (C=O) groups is 5. The molecule has 3 aliphatic rings. The van der Waals surface area contributed by atoms with Crippen LogP contribution in [-0.2, 0) is 60.0 Å². The summed E-state index contributed by atoms with van der Waals surface area (Å²) in [6.45, 7) is 7.75. The highest BCUT2D eigenvalue weighted by atomic mass is 16.7. The second kappa shape index (κ2) is 44.2. The lowest BCUT2D eigenvalue weighted by molar-refractivity contribution is -0.133. The van der Waals surface area contributed by atoms with Gasteiger partial charge in [0.05, 0.1) is 97.9 Å². The van der Waals surface area contributed by atoms with Crippen molar-refractivity contribution in [1.29, 1.82) is 0 Å². The molecule has 0 atom stereocenters. The minimum absolute atomic E-state index is 0.0127. The average molecular weight is 1800 g/mol. The number of hydrogen-bond donors (Lipinski definition) is 6. The van der Waals surface area contributed by atoms with Crippen LogP contribution >= 0.6 is 0 Å². The van der Waals surface area contributed by atoms with Crippen LogP contribution in [0.3, 0.4) is 0 Å². The topological polar surface area (TPSA) is 398 Å². The number of carboxylic acids is 5. The van der Waals surface area contributed by atoms with Crippen LogP contribution in [0.4, 0.5) is 0 Å². The average Bonchev–Trinajstić information content (AvgIpc) is 0.777. The van der Waals surface area contributed by atoms with Gasteiger partial charge in [0.1, 0.15) is 70.7 Å². The van der Waals surface area contributed by atoms with Crippen LogP contribution in [0, 0.1) is 0 Å². The number of aliphatic hydroxyl groups excluding tert-OH is 1. The number of aliphatic carboxylic acids is 3. The molecule has 3 aliphatic heterocycles. The second-order valence-electron chi connectivity index (χ2n) is 30.0. The van der Waals surface area contributed by atoms with Crippen LogP contribution in [-0.4, -0.2) is 156 Å². The molecular weight excluding hydrogens is 1700 g/mol. The SMILES string of the molecule is CCCCn1ncc(/C=C(\Cc2cc3c(cc2OC)OCO3)C(=O)O)c1-c1ccc(OC)cc1OCc1ccccc1C(=O)O.CCCOc1cncc(/C=C(\Cc2cc3c(cc2OC)OCO3)C(=O)O)c1-c1ccc(OC)c2ccc(C(=O)O)cc12.CCCOc1cncc(/C=C(\Cc2cc3c(cc2OC)OCO3)C(=O)O)c1-c1ccc(OC)cc1OCc1ccccc1CO. The molecule has 31 heteroatoms. The van der Waals surface area contributed by atoms with E-state index in [1.165, 1.54) is 33.5 Å². The van der Waals surface area contributed by atoms with E-state index >= 15 is 0 Å². The molecule has 6 N–H and O–H groups in total. The van der Waals surface area contributed by atoms with Crippen molar-refractivity contribution in [2.45, 2.75) is 92.1 Å². The van der Waals surface area contributed by atoms with Crippen molar-refractivity contribution >= 4 is 58.8 Å². The van der Waals surface area contributed by atoms with Gasteiger partial charge < -0.3 is 106 Å². The highest BCUT2D eigenvalue weighted by molar-refractivity contribution is 6.07. The number of ether oxygens (including phenoxy) is 16. The summed E-state index contributed by atoms with van der Waals surface area (Å²) in [6.07, 6.45) is 16.1. The predicted molar refractivity (Wildman–Crippen MR) is 487 cm³/mol. The van der Waals surface area contributed by atoms with E-state index in [1.54, 1.807) is 174 Å². The summed E-state index contributed by atoms with van der Waals surface area (Å²) < 4.78 is 92.6. The van der Waals surface area contributed by atoms with Crippen LogP contribution in [0.1, 0.15) is 117 Å². The Morgan fingerprint density at radius 1 is 0.386 bits per heavy atom. The number of nitrogens with zero attached hydrogens (tertiary/aromatic N) is 4. The number of benzene rings is 9. The fourth-order valence-corrected chi connectivity index (χ4v) is 15.0. The van der Waals surface area contributed by atoms with E-state index in [0.717, 1.165) is 36.8 Å². The van der Waals surface area contributed by atoms with Gasteiger partial charge in [0.25, 0.3) is 0 Å². The zero-order valence-corrected chi connectivity index (χ0v) is 73.9. The van der Waals surface area contributed by atoms with Gasteiger partial charge in [-0.1, -0.05) is 69.7 Å². The number of hydrogen-bond acceptors (Lipinski definition) is 25. The first kappa shape index (κ1) is 93.7. The molecule has 0 aliphatic carbocycles. The predicted octanol–water partition coefficient (Wildman–Crippen LogP) is 18.0. The Bertz CT molecular complexity index is 6350. The Morgan fingerprint density at radius 2 is 0.826 bits per heavy atom. The van der Waals surface area contributed by atoms with Gasteiger partial charge in [-0.15, -0.1) is 0 Å². The lowest BCUT2D eigenvalue weighted by Crippen LogP contribution is -2.08. The fourth-order valence-electron chi connectivity index (χ4n) is 15.0. The van der Waals surface area contributed by atoms with Crippen molar-refractivity contribution in [2.24, 2.45) is 0 Å². The summed E-state index contributed by atoms with van der Waals surface area (Å²) in [5, 5.41) is 66.0. The second-order valence-corrected chi connectivity index (χ2v) is 30.0. The molecule has 0 unspecified atom stereocenters. The third-order valence-electron chi connectivity index (χ3n) is 21.6. The molecule has 0 saturated heterocycles. The number of carboxylic acid groups (broad SMARTS) is 5. The van der Waals surface area contributed by atoms with Gasteiger partial charge in [0.15, 0.2) is 34.5 Å². The smallest absolute Gasteiger partial charge is 0.336 e. The Hall–Kier alpha value is -15.9. The maximum Gasteiger partial charge on any atom is 0.336 e. The van der Waals surface area contributed by atoms with Gasteiger partial charge in [-0.2, -0.15) is 5.10 Å². The quantitative estimate of drug-likeness (QED) is 0.0195. The molecular formula is C101H98N4O27. The number of aryl methyl sites for hydroxylation is 1. The molecule has 0 saturated carbocycles. The molecule has 6 heterocycles. The van der Waals surface area contributed by atoms with E-state index in [2.05, 4.69) is 22.0 Å². The van der Waals surface area contributed by atoms with Gasteiger partial charge in [0.2, 0.25) is 20.4 Å². The molecule has 0 bridgehead atoms. The Morgan fingerprint density at radius 3 is 1.28 bits per heavy atom. The number of fused-ring (bicyclic) bond motifs is 4. The first-order chi connectivity index (χ1) is 64.1. The number of unbranched alkanes of at least 4 members (excludes halogenated alkanes) is 1. The number of aromatic carboxylic acids is 2. The monoisotopic (exact) mass is 1800 g/mol. The van der Waals surface area contributed by atoms with Crippen molar-refractivity contribution in [1.82, 2.24) is 19.7 Å². The highest BCUT2D eigenvalue weighted by Crippen LogP contribution is 2.48. The zero-order chi connectivity index (χ0) is 93.5. The first-order valence-corrected chi connectivity index (χ1v) is 42.1. The van der Waals surface area contributed by atoms with Crippen LogP contribution in [0.2, 0.25) is 0 Å². The van der Waals surface area contributed by atoms with E-state index in [9.17, 15) is 54.6 Å². The van der Waals surface area contributed by atoms with Gasteiger partial charge in [-0.05, 0) is 138 Å². The fraction of sp³-hybridized carbons (Fsp3) is 0.248. The van der Waals surface area contributed by atoms with Gasteiger partial charge in [-0.25, -0.2) is 24.0 Å². The van der Waals surface area contributed by atoms with Crippen LogP contribution in [0.15, 0.2) is 199 Å². The van der Waals surface area contributed by atoms with Crippen LogP contribution < -0.4 is 75.8 Å². The third kappa shape index (κ3) is 22.1. The minimum atomic E-state index is -1.13. The number of aromatic nitrogens is 4. The summed E-state index contributed by atoms with van der Waals surface area (Å²) >= 11 is 0. The molecule has 9 aromatic carbocycles. The Balaban J connectivity index is 0.000000168. The maximum absolute atomic E-state index is 12.6. The molecule has 15 rings (SSSR count). The van der Waals surface area contributed by atoms with E-state index in [-0.39, 0.29) is 87.3 Å². The summed E-state index contributed by atoms with van der Waals surface area (Å²) in [5.41, 5.74) is 9.80. The Kier molecular flexibility index (Phi) is 31.4. The van der Waals surface area contributed by atoms with Gasteiger partial charge in [-0.3, -0.25) is 14.6 Å². The van der Waals surface area contributed by atoms with Crippen molar-refractivity contribution in [2.75, 3.05) is 76.3 Å².